The minimum atomic E-state index is -5.90. The lowest BCUT2D eigenvalue weighted by Gasteiger charge is -2.25. The zero-order valence-corrected chi connectivity index (χ0v) is 10.5. The maximum absolute atomic E-state index is 12.9. The van der Waals surface area contributed by atoms with Gasteiger partial charge in [0.15, 0.2) is 6.10 Å². The van der Waals surface area contributed by atoms with E-state index in [1.807, 2.05) is 0 Å². The van der Waals surface area contributed by atoms with Crippen LogP contribution in [-0.4, -0.2) is 17.2 Å². The number of hydrogen-bond acceptors (Lipinski definition) is 1. The lowest BCUT2D eigenvalue weighted by atomic mass is 10.0. The molecule has 0 aliphatic carbocycles. The number of alkyl halides is 5. The molecule has 0 saturated heterocycles. The van der Waals surface area contributed by atoms with Crippen LogP contribution in [0.3, 0.4) is 0 Å². The first-order chi connectivity index (χ1) is 7.98. The lowest BCUT2D eigenvalue weighted by Crippen LogP contribution is -2.42. The SMILES string of the molecule is O[C@@H](c1cc(Cl)c(Cl)c(Cl)c1)C(F)(F)C(F)(F)F. The molecule has 0 saturated carbocycles. The molecule has 1 atom stereocenters. The van der Waals surface area contributed by atoms with Gasteiger partial charge in [-0.05, 0) is 17.7 Å². The molecule has 1 aromatic carbocycles. The van der Waals surface area contributed by atoms with Crippen LogP contribution in [0.15, 0.2) is 12.1 Å². The van der Waals surface area contributed by atoms with Crippen LogP contribution >= 0.6 is 34.8 Å². The number of aliphatic hydroxyl groups excluding tert-OH is 1. The van der Waals surface area contributed by atoms with Gasteiger partial charge in [-0.2, -0.15) is 22.0 Å². The predicted molar refractivity (Wildman–Crippen MR) is 57.4 cm³/mol. The fourth-order valence-electron chi connectivity index (χ4n) is 1.10. The summed E-state index contributed by atoms with van der Waals surface area (Å²) in [5, 5.41) is 8.22. The van der Waals surface area contributed by atoms with Gasteiger partial charge in [0.25, 0.3) is 0 Å². The summed E-state index contributed by atoms with van der Waals surface area (Å²) in [6.07, 6.45) is -9.02. The van der Waals surface area contributed by atoms with E-state index in [-0.39, 0.29) is 15.1 Å². The van der Waals surface area contributed by atoms with Gasteiger partial charge < -0.3 is 5.11 Å². The largest absolute Gasteiger partial charge is 0.456 e. The summed E-state index contributed by atoms with van der Waals surface area (Å²) >= 11 is 16.5. The highest BCUT2D eigenvalue weighted by atomic mass is 35.5. The molecule has 0 amide bonds. The third-order valence-corrected chi connectivity index (χ3v) is 3.24. The van der Waals surface area contributed by atoms with Crippen molar-refractivity contribution in [2.24, 2.45) is 0 Å². The van der Waals surface area contributed by atoms with Crippen LogP contribution < -0.4 is 0 Å². The zero-order chi connectivity index (χ0) is 14.3. The normalized spacial score (nSPS) is 14.7. The Bertz CT molecular complexity index is 437. The van der Waals surface area contributed by atoms with E-state index in [9.17, 15) is 22.0 Å². The van der Waals surface area contributed by atoms with Gasteiger partial charge in [0, 0.05) is 0 Å². The molecular formula is C9H4Cl3F5O. The van der Waals surface area contributed by atoms with Crippen molar-refractivity contribution in [1.29, 1.82) is 0 Å². The molecule has 0 spiro atoms. The first-order valence-corrected chi connectivity index (χ1v) is 5.39. The summed E-state index contributed by atoms with van der Waals surface area (Å²) in [5.74, 6) is -5.33. The number of hydrogen-bond donors (Lipinski definition) is 1. The molecule has 0 bridgehead atoms. The van der Waals surface area contributed by atoms with Gasteiger partial charge in [-0.15, -0.1) is 0 Å². The van der Waals surface area contributed by atoms with E-state index >= 15 is 0 Å². The van der Waals surface area contributed by atoms with Crippen molar-refractivity contribution in [2.75, 3.05) is 0 Å². The Morgan fingerprint density at radius 2 is 1.33 bits per heavy atom. The fraction of sp³-hybridized carbons (Fsp3) is 0.333. The first kappa shape index (κ1) is 15.8. The molecule has 0 radical (unpaired) electrons. The summed E-state index contributed by atoms with van der Waals surface area (Å²) in [6, 6.07) is 1.39. The van der Waals surface area contributed by atoms with Crippen molar-refractivity contribution in [1.82, 2.24) is 0 Å². The van der Waals surface area contributed by atoms with Gasteiger partial charge in [0.05, 0.1) is 15.1 Å². The summed E-state index contributed by atoms with van der Waals surface area (Å²) in [6.45, 7) is 0. The van der Waals surface area contributed by atoms with Crippen molar-refractivity contribution in [3.05, 3.63) is 32.8 Å². The van der Waals surface area contributed by atoms with E-state index in [0.717, 1.165) is 0 Å². The number of rotatable bonds is 2. The van der Waals surface area contributed by atoms with E-state index in [4.69, 9.17) is 39.9 Å². The summed E-state index contributed by atoms with van der Waals surface area (Å²) in [7, 11) is 0. The molecule has 9 heteroatoms. The first-order valence-electron chi connectivity index (χ1n) is 4.25. The Morgan fingerprint density at radius 1 is 0.944 bits per heavy atom. The molecular weight excluding hydrogens is 325 g/mol. The van der Waals surface area contributed by atoms with E-state index in [1.54, 1.807) is 0 Å². The van der Waals surface area contributed by atoms with Crippen molar-refractivity contribution in [3.8, 4) is 0 Å². The Kier molecular flexibility index (Phi) is 4.37. The highest BCUT2D eigenvalue weighted by Crippen LogP contribution is 2.46. The Labute approximate surface area is 113 Å². The van der Waals surface area contributed by atoms with Crippen molar-refractivity contribution in [3.63, 3.8) is 0 Å². The van der Waals surface area contributed by atoms with Crippen LogP contribution in [0.25, 0.3) is 0 Å². The third kappa shape index (κ3) is 2.82. The van der Waals surface area contributed by atoms with Gasteiger partial charge in [-0.1, -0.05) is 34.8 Å². The maximum atomic E-state index is 12.9. The van der Waals surface area contributed by atoms with Gasteiger partial charge in [-0.3, -0.25) is 0 Å². The van der Waals surface area contributed by atoms with Crippen molar-refractivity contribution >= 4 is 34.8 Å². The van der Waals surface area contributed by atoms with Gasteiger partial charge >= 0.3 is 12.1 Å². The van der Waals surface area contributed by atoms with Gasteiger partial charge in [-0.25, -0.2) is 0 Å². The van der Waals surface area contributed by atoms with Crippen molar-refractivity contribution < 1.29 is 27.1 Å². The molecule has 18 heavy (non-hydrogen) atoms. The molecule has 0 aliphatic rings. The van der Waals surface area contributed by atoms with Crippen LogP contribution in [0.2, 0.25) is 15.1 Å². The van der Waals surface area contributed by atoms with Crippen LogP contribution in [0.5, 0.6) is 0 Å². The topological polar surface area (TPSA) is 20.2 Å². The highest BCUT2D eigenvalue weighted by molar-refractivity contribution is 6.48. The molecule has 1 N–H and O–H groups in total. The summed E-state index contributed by atoms with van der Waals surface area (Å²) < 4.78 is 61.9. The summed E-state index contributed by atoms with van der Waals surface area (Å²) in [5.41, 5.74) is -0.781. The average molecular weight is 329 g/mol. The van der Waals surface area contributed by atoms with Crippen molar-refractivity contribution in [2.45, 2.75) is 18.2 Å². The molecule has 0 aliphatic heterocycles. The number of benzene rings is 1. The van der Waals surface area contributed by atoms with Crippen LogP contribution in [0.4, 0.5) is 22.0 Å². The van der Waals surface area contributed by atoms with E-state index in [2.05, 4.69) is 0 Å². The smallest absolute Gasteiger partial charge is 0.382 e. The van der Waals surface area contributed by atoms with E-state index in [1.165, 1.54) is 0 Å². The summed E-state index contributed by atoms with van der Waals surface area (Å²) in [4.78, 5) is 0. The van der Waals surface area contributed by atoms with Crippen LogP contribution in [0, 0.1) is 0 Å². The molecule has 0 unspecified atom stereocenters. The Morgan fingerprint density at radius 3 is 1.67 bits per heavy atom. The molecule has 0 aromatic heterocycles. The fourth-order valence-corrected chi connectivity index (χ4v) is 1.71. The Balaban J connectivity index is 3.24. The minimum absolute atomic E-state index is 0.204. The molecule has 0 fully saturated rings. The van der Waals surface area contributed by atoms with E-state index in [0.29, 0.717) is 12.1 Å². The second-order valence-electron chi connectivity index (χ2n) is 3.32. The van der Waals surface area contributed by atoms with Gasteiger partial charge in [0.1, 0.15) is 0 Å². The van der Waals surface area contributed by atoms with Crippen LogP contribution in [0.1, 0.15) is 11.7 Å². The maximum Gasteiger partial charge on any atom is 0.456 e. The second kappa shape index (κ2) is 5.00. The minimum Gasteiger partial charge on any atom is -0.382 e. The lowest BCUT2D eigenvalue weighted by molar-refractivity contribution is -0.315. The molecule has 102 valence electrons. The molecule has 1 nitrogen and oxygen atoms in total. The zero-order valence-electron chi connectivity index (χ0n) is 8.20. The quantitative estimate of drug-likeness (QED) is 0.606. The number of halogens is 8. The number of aliphatic hydroxyl groups is 1. The standard InChI is InChI=1S/C9H4Cl3F5O/c10-4-1-3(2-5(11)6(4)12)7(18)8(13,14)9(15,16)17/h1-2,7,18H/t7-/m0/s1. The average Bonchev–Trinajstić information content (AvgIpc) is 2.22. The van der Waals surface area contributed by atoms with Gasteiger partial charge in [0.2, 0.25) is 0 Å². The monoisotopic (exact) mass is 328 g/mol. The Hall–Kier alpha value is -0.300. The molecule has 0 heterocycles. The molecule has 1 aromatic rings. The van der Waals surface area contributed by atoms with Crippen LogP contribution in [-0.2, 0) is 0 Å². The predicted octanol–water partition coefficient (Wildman–Crippen LogP) is 4.88. The highest BCUT2D eigenvalue weighted by Gasteiger charge is 2.62. The second-order valence-corrected chi connectivity index (χ2v) is 4.51. The third-order valence-electron chi connectivity index (χ3n) is 2.04. The molecule has 1 rings (SSSR count). The van der Waals surface area contributed by atoms with E-state index < -0.39 is 23.8 Å².